The van der Waals surface area contributed by atoms with Gasteiger partial charge >= 0.3 is 0 Å². The van der Waals surface area contributed by atoms with E-state index in [1.165, 1.54) is 24.1 Å². The van der Waals surface area contributed by atoms with Crippen LogP contribution in [-0.4, -0.2) is 20.2 Å². The summed E-state index contributed by atoms with van der Waals surface area (Å²) in [5.41, 5.74) is 2.75. The Morgan fingerprint density at radius 1 is 1.28 bits per heavy atom. The molecule has 18 heavy (non-hydrogen) atoms. The Kier molecular flexibility index (Phi) is 4.79. The molecule has 0 amide bonds. The van der Waals surface area contributed by atoms with Gasteiger partial charge < -0.3 is 10.1 Å². The molecule has 1 aromatic rings. The molecule has 2 heteroatoms. The third kappa shape index (κ3) is 3.82. The first kappa shape index (κ1) is 13.6. The molecular formula is C16H25NO. The van der Waals surface area contributed by atoms with E-state index in [2.05, 4.69) is 43.4 Å². The molecule has 0 heterocycles. The first-order valence-corrected chi connectivity index (χ1v) is 6.99. The summed E-state index contributed by atoms with van der Waals surface area (Å²) in [6.45, 7) is 7.53. The maximum Gasteiger partial charge on any atom is 0.0713 e. The zero-order valence-corrected chi connectivity index (χ0v) is 11.8. The molecule has 1 fully saturated rings. The molecular weight excluding hydrogens is 222 g/mol. The number of hydrogen-bond acceptors (Lipinski definition) is 2. The van der Waals surface area contributed by atoms with E-state index >= 15 is 0 Å². The summed E-state index contributed by atoms with van der Waals surface area (Å²) in [5.74, 6) is 2.37. The zero-order chi connectivity index (χ0) is 13.0. The average Bonchev–Trinajstić information content (AvgIpc) is 3.10. The summed E-state index contributed by atoms with van der Waals surface area (Å²) in [6, 6.07) is 8.91. The quantitative estimate of drug-likeness (QED) is 0.799. The van der Waals surface area contributed by atoms with Crippen LogP contribution < -0.4 is 5.32 Å². The van der Waals surface area contributed by atoms with Crippen LogP contribution in [0.4, 0.5) is 0 Å². The maximum absolute atomic E-state index is 5.13. The van der Waals surface area contributed by atoms with Crippen molar-refractivity contribution >= 4 is 0 Å². The Morgan fingerprint density at radius 2 is 2.00 bits per heavy atom. The third-order valence-corrected chi connectivity index (χ3v) is 3.60. The van der Waals surface area contributed by atoms with Crippen molar-refractivity contribution in [3.05, 3.63) is 35.4 Å². The monoisotopic (exact) mass is 247 g/mol. The fraction of sp³-hybridized carbons (Fsp3) is 0.625. The van der Waals surface area contributed by atoms with E-state index in [9.17, 15) is 0 Å². The molecule has 0 aromatic heterocycles. The van der Waals surface area contributed by atoms with Gasteiger partial charge in [0.15, 0.2) is 0 Å². The Labute approximate surface area is 111 Å². The van der Waals surface area contributed by atoms with Crippen molar-refractivity contribution in [2.45, 2.75) is 32.8 Å². The first-order chi connectivity index (χ1) is 8.70. The van der Waals surface area contributed by atoms with Gasteiger partial charge in [-0.1, -0.05) is 38.1 Å². The number of nitrogens with one attached hydrogen (secondary N) is 1. The SMILES string of the molecule is COCc1ccc(C2CC2CNCC(C)C)cc1. The lowest BCUT2D eigenvalue weighted by Gasteiger charge is -2.07. The predicted octanol–water partition coefficient (Wildman–Crippen LogP) is 3.18. The molecule has 100 valence electrons. The first-order valence-electron chi connectivity index (χ1n) is 6.99. The van der Waals surface area contributed by atoms with E-state index in [4.69, 9.17) is 4.74 Å². The molecule has 2 atom stereocenters. The Morgan fingerprint density at radius 3 is 2.61 bits per heavy atom. The summed E-state index contributed by atoms with van der Waals surface area (Å²) < 4.78 is 5.13. The largest absolute Gasteiger partial charge is 0.380 e. The van der Waals surface area contributed by atoms with Gasteiger partial charge in [-0.2, -0.15) is 0 Å². The van der Waals surface area contributed by atoms with Crippen LogP contribution in [0.3, 0.4) is 0 Å². The van der Waals surface area contributed by atoms with Gasteiger partial charge in [-0.15, -0.1) is 0 Å². The van der Waals surface area contributed by atoms with Crippen LogP contribution in [0.5, 0.6) is 0 Å². The van der Waals surface area contributed by atoms with E-state index in [1.807, 2.05) is 0 Å². The van der Waals surface area contributed by atoms with E-state index in [0.717, 1.165) is 24.3 Å². The minimum Gasteiger partial charge on any atom is -0.380 e. The summed E-state index contributed by atoms with van der Waals surface area (Å²) in [6.07, 6.45) is 1.34. The van der Waals surface area contributed by atoms with E-state index in [-0.39, 0.29) is 0 Å². The molecule has 0 bridgehead atoms. The van der Waals surface area contributed by atoms with Crippen molar-refractivity contribution in [2.75, 3.05) is 20.2 Å². The highest BCUT2D eigenvalue weighted by atomic mass is 16.5. The van der Waals surface area contributed by atoms with Crippen LogP contribution in [0, 0.1) is 11.8 Å². The Bertz CT molecular complexity index is 358. The van der Waals surface area contributed by atoms with E-state index < -0.39 is 0 Å². The van der Waals surface area contributed by atoms with Gasteiger partial charge in [0, 0.05) is 7.11 Å². The van der Waals surface area contributed by atoms with Crippen LogP contribution in [0.1, 0.15) is 37.3 Å². The number of benzene rings is 1. The molecule has 0 radical (unpaired) electrons. The van der Waals surface area contributed by atoms with Gasteiger partial charge in [0.2, 0.25) is 0 Å². The Hall–Kier alpha value is -0.860. The highest BCUT2D eigenvalue weighted by molar-refractivity contribution is 5.29. The summed E-state index contributed by atoms with van der Waals surface area (Å²) >= 11 is 0. The highest BCUT2D eigenvalue weighted by Crippen LogP contribution is 2.46. The normalized spacial score (nSPS) is 22.4. The van der Waals surface area contributed by atoms with E-state index in [1.54, 1.807) is 7.11 Å². The van der Waals surface area contributed by atoms with E-state index in [0.29, 0.717) is 6.61 Å². The van der Waals surface area contributed by atoms with Gasteiger partial charge in [-0.05, 0) is 48.4 Å². The lowest BCUT2D eigenvalue weighted by Crippen LogP contribution is -2.22. The van der Waals surface area contributed by atoms with Crippen LogP contribution in [0.25, 0.3) is 0 Å². The van der Waals surface area contributed by atoms with Crippen LogP contribution in [0.2, 0.25) is 0 Å². The third-order valence-electron chi connectivity index (χ3n) is 3.60. The smallest absolute Gasteiger partial charge is 0.0713 e. The Balaban J connectivity index is 1.76. The molecule has 1 aliphatic carbocycles. The fourth-order valence-electron chi connectivity index (χ4n) is 2.47. The van der Waals surface area contributed by atoms with Crippen molar-refractivity contribution < 1.29 is 4.74 Å². The molecule has 2 rings (SSSR count). The second-order valence-corrected chi connectivity index (χ2v) is 5.83. The molecule has 2 nitrogen and oxygen atoms in total. The van der Waals surface area contributed by atoms with Gasteiger partial charge in [0.1, 0.15) is 0 Å². The van der Waals surface area contributed by atoms with Crippen molar-refractivity contribution in [3.63, 3.8) is 0 Å². The molecule has 0 saturated heterocycles. The molecule has 1 N–H and O–H groups in total. The molecule has 1 saturated carbocycles. The lowest BCUT2D eigenvalue weighted by atomic mass is 10.1. The van der Waals surface area contributed by atoms with Crippen LogP contribution in [-0.2, 0) is 11.3 Å². The van der Waals surface area contributed by atoms with Crippen LogP contribution in [0.15, 0.2) is 24.3 Å². The van der Waals surface area contributed by atoms with Crippen LogP contribution >= 0.6 is 0 Å². The second kappa shape index (κ2) is 6.35. The summed E-state index contributed by atoms with van der Waals surface area (Å²) in [4.78, 5) is 0. The predicted molar refractivity (Wildman–Crippen MR) is 75.7 cm³/mol. The van der Waals surface area contributed by atoms with Crippen molar-refractivity contribution in [3.8, 4) is 0 Å². The van der Waals surface area contributed by atoms with Gasteiger partial charge in [0.05, 0.1) is 6.61 Å². The number of hydrogen-bond donors (Lipinski definition) is 1. The number of methoxy groups -OCH3 is 1. The second-order valence-electron chi connectivity index (χ2n) is 5.83. The molecule has 1 aromatic carbocycles. The zero-order valence-electron chi connectivity index (χ0n) is 11.8. The van der Waals surface area contributed by atoms with Crippen molar-refractivity contribution in [1.82, 2.24) is 5.32 Å². The fourth-order valence-corrected chi connectivity index (χ4v) is 2.47. The molecule has 0 aliphatic heterocycles. The van der Waals surface area contributed by atoms with Crippen molar-refractivity contribution in [2.24, 2.45) is 11.8 Å². The standard InChI is InChI=1S/C16H25NO/c1-12(2)9-17-10-15-8-16(15)14-6-4-13(5-7-14)11-18-3/h4-7,12,15-17H,8-11H2,1-3H3. The minimum atomic E-state index is 0.713. The lowest BCUT2D eigenvalue weighted by molar-refractivity contribution is 0.185. The number of rotatable bonds is 7. The molecule has 1 aliphatic rings. The molecule has 2 unspecified atom stereocenters. The van der Waals surface area contributed by atoms with Gasteiger partial charge in [0.25, 0.3) is 0 Å². The summed E-state index contributed by atoms with van der Waals surface area (Å²) in [7, 11) is 1.74. The van der Waals surface area contributed by atoms with Gasteiger partial charge in [-0.3, -0.25) is 0 Å². The summed E-state index contributed by atoms with van der Waals surface area (Å²) in [5, 5.41) is 3.56. The topological polar surface area (TPSA) is 21.3 Å². The van der Waals surface area contributed by atoms with Gasteiger partial charge in [-0.25, -0.2) is 0 Å². The van der Waals surface area contributed by atoms with Crippen molar-refractivity contribution in [1.29, 1.82) is 0 Å². The maximum atomic E-state index is 5.13. The number of ether oxygens (including phenoxy) is 1. The minimum absolute atomic E-state index is 0.713. The highest BCUT2D eigenvalue weighted by Gasteiger charge is 2.37. The average molecular weight is 247 g/mol. The molecule has 0 spiro atoms.